The van der Waals surface area contributed by atoms with Crippen molar-refractivity contribution >= 4 is 46.3 Å². The molecule has 3 aromatic rings. The summed E-state index contributed by atoms with van der Waals surface area (Å²) in [5.74, 6) is -0.290. The van der Waals surface area contributed by atoms with Crippen LogP contribution in [0.15, 0.2) is 52.2 Å². The molecule has 5 nitrogen and oxygen atoms in total. The van der Waals surface area contributed by atoms with Gasteiger partial charge in [0.05, 0.1) is 16.8 Å². The lowest BCUT2D eigenvalue weighted by atomic mass is 10.1. The number of carbonyl (C=O) groups excluding carboxylic acids is 1. The van der Waals surface area contributed by atoms with Gasteiger partial charge in [-0.05, 0) is 42.0 Å². The molecule has 0 aliphatic rings. The van der Waals surface area contributed by atoms with Gasteiger partial charge in [-0.1, -0.05) is 23.2 Å². The first-order valence-electron chi connectivity index (χ1n) is 6.53. The van der Waals surface area contributed by atoms with Crippen LogP contribution in [0.5, 0.6) is 5.75 Å². The summed E-state index contributed by atoms with van der Waals surface area (Å²) in [5.41, 5.74) is 3.81. The van der Waals surface area contributed by atoms with Crippen molar-refractivity contribution in [3.8, 4) is 5.75 Å². The van der Waals surface area contributed by atoms with Gasteiger partial charge >= 0.3 is 0 Å². The highest BCUT2D eigenvalue weighted by molar-refractivity contribution is 6.38. The summed E-state index contributed by atoms with van der Waals surface area (Å²) in [4.78, 5) is 12.2. The molecule has 0 spiro atoms. The third-order valence-corrected chi connectivity index (χ3v) is 3.61. The van der Waals surface area contributed by atoms with E-state index in [4.69, 9.17) is 27.6 Å². The zero-order valence-corrected chi connectivity index (χ0v) is 13.1. The van der Waals surface area contributed by atoms with Crippen LogP contribution in [-0.4, -0.2) is 17.2 Å². The number of phenols is 1. The van der Waals surface area contributed by atoms with Crippen molar-refractivity contribution in [2.45, 2.75) is 0 Å². The molecule has 0 fully saturated rings. The number of hydrazone groups is 1. The van der Waals surface area contributed by atoms with E-state index in [0.29, 0.717) is 21.0 Å². The number of fused-ring (bicyclic) bond motifs is 1. The van der Waals surface area contributed by atoms with Gasteiger partial charge < -0.3 is 9.52 Å². The number of halogens is 2. The highest BCUT2D eigenvalue weighted by Gasteiger charge is 2.16. The number of nitrogens with zero attached hydrogens (tertiary/aromatic N) is 1. The Labute approximate surface area is 141 Å². The first-order chi connectivity index (χ1) is 11.0. The zero-order chi connectivity index (χ0) is 16.4. The Balaban J connectivity index is 1.80. The Morgan fingerprint density at radius 3 is 2.70 bits per heavy atom. The summed E-state index contributed by atoms with van der Waals surface area (Å²) in [5, 5.41) is 14.3. The smallest absolute Gasteiger partial charge is 0.275 e. The molecule has 0 aliphatic heterocycles. The van der Waals surface area contributed by atoms with E-state index in [1.165, 1.54) is 24.6 Å². The standard InChI is InChI=1S/C16H10Cl2N2O3/c17-10-5-12-13(8-23-15(12)14(18)6-10)16(22)20-19-7-9-1-3-11(21)4-2-9/h1-8,21H,(H,20,22)/b19-7+. The first-order valence-corrected chi connectivity index (χ1v) is 7.29. The van der Waals surface area contributed by atoms with Crippen LogP contribution in [-0.2, 0) is 0 Å². The third kappa shape index (κ3) is 3.31. The van der Waals surface area contributed by atoms with E-state index in [0.717, 1.165) is 5.56 Å². The minimum atomic E-state index is -0.447. The monoisotopic (exact) mass is 348 g/mol. The number of nitrogens with one attached hydrogen (secondary N) is 1. The molecule has 1 heterocycles. The molecule has 1 amide bonds. The van der Waals surface area contributed by atoms with Crippen LogP contribution in [0.4, 0.5) is 0 Å². The topological polar surface area (TPSA) is 74.8 Å². The fraction of sp³-hybridized carbons (Fsp3) is 0. The summed E-state index contributed by atoms with van der Waals surface area (Å²) < 4.78 is 5.30. The normalized spacial score (nSPS) is 11.2. The maximum Gasteiger partial charge on any atom is 0.275 e. The average molecular weight is 349 g/mol. The van der Waals surface area contributed by atoms with Crippen LogP contribution in [0.3, 0.4) is 0 Å². The van der Waals surface area contributed by atoms with Crippen LogP contribution in [0.1, 0.15) is 15.9 Å². The summed E-state index contributed by atoms with van der Waals surface area (Å²) in [6, 6.07) is 9.52. The molecule has 0 saturated carbocycles. The van der Waals surface area contributed by atoms with E-state index in [2.05, 4.69) is 10.5 Å². The van der Waals surface area contributed by atoms with Crippen molar-refractivity contribution in [1.29, 1.82) is 0 Å². The molecule has 0 bridgehead atoms. The molecule has 1 aromatic heterocycles. The van der Waals surface area contributed by atoms with Crippen LogP contribution < -0.4 is 5.43 Å². The van der Waals surface area contributed by atoms with E-state index < -0.39 is 5.91 Å². The van der Waals surface area contributed by atoms with Crippen LogP contribution >= 0.6 is 23.2 Å². The van der Waals surface area contributed by atoms with Crippen LogP contribution in [0.2, 0.25) is 10.0 Å². The number of rotatable bonds is 3. The predicted octanol–water partition coefficient (Wildman–Crippen LogP) is 4.21. The molecule has 23 heavy (non-hydrogen) atoms. The van der Waals surface area contributed by atoms with E-state index in [9.17, 15) is 9.90 Å². The second-order valence-electron chi connectivity index (χ2n) is 4.70. The number of phenolic OH excluding ortho intramolecular Hbond substituents is 1. The molecule has 0 aliphatic carbocycles. The van der Waals surface area contributed by atoms with Gasteiger partial charge in [-0.2, -0.15) is 5.10 Å². The highest BCUT2D eigenvalue weighted by Crippen LogP contribution is 2.31. The maximum absolute atomic E-state index is 12.2. The number of hydrogen-bond acceptors (Lipinski definition) is 4. The minimum Gasteiger partial charge on any atom is -0.508 e. The average Bonchev–Trinajstić information content (AvgIpc) is 2.93. The van der Waals surface area contributed by atoms with Crippen molar-refractivity contribution < 1.29 is 14.3 Å². The second kappa shape index (κ2) is 6.32. The largest absolute Gasteiger partial charge is 0.508 e. The minimum absolute atomic E-state index is 0.157. The maximum atomic E-state index is 12.2. The Hall–Kier alpha value is -2.50. The number of benzene rings is 2. The van der Waals surface area contributed by atoms with Gasteiger partial charge in [-0.3, -0.25) is 4.79 Å². The molecule has 3 rings (SSSR count). The van der Waals surface area contributed by atoms with Crippen LogP contribution in [0.25, 0.3) is 11.0 Å². The van der Waals surface area contributed by atoms with Crippen molar-refractivity contribution in [1.82, 2.24) is 5.43 Å². The van der Waals surface area contributed by atoms with E-state index in [-0.39, 0.29) is 11.3 Å². The van der Waals surface area contributed by atoms with Gasteiger partial charge in [-0.25, -0.2) is 5.43 Å². The van der Waals surface area contributed by atoms with Gasteiger partial charge in [0.1, 0.15) is 12.0 Å². The van der Waals surface area contributed by atoms with Crippen molar-refractivity contribution in [2.75, 3.05) is 0 Å². The van der Waals surface area contributed by atoms with Crippen molar-refractivity contribution in [3.63, 3.8) is 0 Å². The van der Waals surface area contributed by atoms with Gasteiger partial charge in [0.25, 0.3) is 5.91 Å². The fourth-order valence-corrected chi connectivity index (χ4v) is 2.56. The molecule has 2 N–H and O–H groups in total. The molecular formula is C16H10Cl2N2O3. The zero-order valence-electron chi connectivity index (χ0n) is 11.6. The third-order valence-electron chi connectivity index (χ3n) is 3.11. The van der Waals surface area contributed by atoms with E-state index in [1.807, 2.05) is 0 Å². The van der Waals surface area contributed by atoms with Gasteiger partial charge in [-0.15, -0.1) is 0 Å². The van der Waals surface area contributed by atoms with Crippen LogP contribution in [0, 0.1) is 0 Å². The van der Waals surface area contributed by atoms with E-state index in [1.54, 1.807) is 24.3 Å². The molecule has 0 atom stereocenters. The molecule has 0 unspecified atom stereocenters. The number of amides is 1. The van der Waals surface area contributed by atoms with Crippen molar-refractivity contribution in [3.05, 3.63) is 63.8 Å². The lowest BCUT2D eigenvalue weighted by Crippen LogP contribution is -2.17. The van der Waals surface area contributed by atoms with Gasteiger partial charge in [0, 0.05) is 10.4 Å². The quantitative estimate of drug-likeness (QED) is 0.549. The molecular weight excluding hydrogens is 339 g/mol. The van der Waals surface area contributed by atoms with Crippen molar-refractivity contribution in [2.24, 2.45) is 5.10 Å². The lowest BCUT2D eigenvalue weighted by Gasteiger charge is -1.99. The Morgan fingerprint density at radius 2 is 1.96 bits per heavy atom. The molecule has 7 heteroatoms. The van der Waals surface area contributed by atoms with Gasteiger partial charge in [0.15, 0.2) is 5.58 Å². The fourth-order valence-electron chi connectivity index (χ4n) is 2.02. The Morgan fingerprint density at radius 1 is 1.22 bits per heavy atom. The summed E-state index contributed by atoms with van der Waals surface area (Å²) >= 11 is 12.0. The predicted molar refractivity (Wildman–Crippen MR) is 89.4 cm³/mol. The molecule has 116 valence electrons. The summed E-state index contributed by atoms with van der Waals surface area (Å²) in [7, 11) is 0. The number of furan rings is 1. The highest BCUT2D eigenvalue weighted by atomic mass is 35.5. The van der Waals surface area contributed by atoms with E-state index >= 15 is 0 Å². The number of carbonyl (C=O) groups is 1. The lowest BCUT2D eigenvalue weighted by molar-refractivity contribution is 0.0956. The Kier molecular flexibility index (Phi) is 4.23. The molecule has 2 aromatic carbocycles. The summed E-state index contributed by atoms with van der Waals surface area (Å²) in [6.07, 6.45) is 2.76. The molecule has 0 radical (unpaired) electrons. The molecule has 0 saturated heterocycles. The Bertz CT molecular complexity index is 902. The number of hydrogen-bond donors (Lipinski definition) is 2. The van der Waals surface area contributed by atoms with Gasteiger partial charge in [0.2, 0.25) is 0 Å². The number of aromatic hydroxyl groups is 1. The second-order valence-corrected chi connectivity index (χ2v) is 5.55. The SMILES string of the molecule is O=C(N/N=C/c1ccc(O)cc1)c1coc2c(Cl)cc(Cl)cc12. The first kappa shape index (κ1) is 15.4. The summed E-state index contributed by atoms with van der Waals surface area (Å²) in [6.45, 7) is 0.